The fraction of sp³-hybridized carbons (Fsp3) is 0.462. The number of amides is 3. The Morgan fingerprint density at radius 3 is 2.77 bits per heavy atom. The molecule has 5 rings (SSSR count). The van der Waals surface area contributed by atoms with Gasteiger partial charge in [0, 0.05) is 25.7 Å². The minimum Gasteiger partial charge on any atom is -0.338 e. The fourth-order valence-electron chi connectivity index (χ4n) is 5.89. The first kappa shape index (κ1) is 20.1. The minimum absolute atomic E-state index is 0.00946. The van der Waals surface area contributed by atoms with Crippen molar-refractivity contribution in [3.63, 3.8) is 0 Å². The number of likely N-dealkylation sites (tertiary alicyclic amines) is 1. The molecule has 3 aliphatic rings. The summed E-state index contributed by atoms with van der Waals surface area (Å²) in [6.07, 6.45) is 4.38. The van der Waals surface area contributed by atoms with Crippen molar-refractivity contribution in [3.05, 3.63) is 70.8 Å². The quantitative estimate of drug-likeness (QED) is 0.825. The predicted octanol–water partition coefficient (Wildman–Crippen LogP) is 3.86. The van der Waals surface area contributed by atoms with E-state index in [1.54, 1.807) is 0 Å². The molecule has 162 valence electrons. The number of hydrogen-bond acceptors (Lipinski definition) is 2. The van der Waals surface area contributed by atoms with Gasteiger partial charge in [-0.25, -0.2) is 4.79 Å². The van der Waals surface area contributed by atoms with Crippen molar-refractivity contribution in [2.75, 3.05) is 19.6 Å². The van der Waals surface area contributed by atoms with Crippen molar-refractivity contribution in [3.8, 4) is 0 Å². The summed E-state index contributed by atoms with van der Waals surface area (Å²) in [6, 6.07) is 16.7. The van der Waals surface area contributed by atoms with Crippen LogP contribution in [-0.4, -0.2) is 47.4 Å². The lowest BCUT2D eigenvalue weighted by molar-refractivity contribution is -0.148. The number of nitrogens with one attached hydrogen (secondary N) is 1. The van der Waals surface area contributed by atoms with E-state index >= 15 is 0 Å². The van der Waals surface area contributed by atoms with E-state index in [2.05, 4.69) is 47.5 Å². The monoisotopic (exact) mass is 417 g/mol. The van der Waals surface area contributed by atoms with Gasteiger partial charge in [-0.2, -0.15) is 0 Å². The van der Waals surface area contributed by atoms with Crippen LogP contribution in [0.15, 0.2) is 48.5 Å². The third kappa shape index (κ3) is 3.71. The summed E-state index contributed by atoms with van der Waals surface area (Å²) < 4.78 is 0. The van der Waals surface area contributed by atoms with Crippen LogP contribution in [0, 0.1) is 12.8 Å². The van der Waals surface area contributed by atoms with Crippen LogP contribution >= 0.6 is 0 Å². The number of fused-ring (bicyclic) bond motifs is 4. The summed E-state index contributed by atoms with van der Waals surface area (Å²) in [5.74, 6) is 0.187. The van der Waals surface area contributed by atoms with Gasteiger partial charge in [0.1, 0.15) is 0 Å². The second kappa shape index (κ2) is 8.37. The largest absolute Gasteiger partial charge is 0.338 e. The summed E-state index contributed by atoms with van der Waals surface area (Å²) in [7, 11) is 0. The molecule has 0 aliphatic carbocycles. The number of rotatable bonds is 3. The predicted molar refractivity (Wildman–Crippen MR) is 121 cm³/mol. The molecule has 0 radical (unpaired) electrons. The molecule has 3 amide bonds. The summed E-state index contributed by atoms with van der Waals surface area (Å²) in [6.45, 7) is 4.29. The molecular formula is C26H31N3O2. The summed E-state index contributed by atoms with van der Waals surface area (Å²) in [5, 5.41) is 3.11. The van der Waals surface area contributed by atoms with Crippen molar-refractivity contribution < 1.29 is 9.59 Å². The van der Waals surface area contributed by atoms with Gasteiger partial charge < -0.3 is 15.1 Å². The van der Waals surface area contributed by atoms with Gasteiger partial charge in [-0.15, -0.1) is 0 Å². The Bertz CT molecular complexity index is 974. The molecule has 31 heavy (non-hydrogen) atoms. The molecule has 3 aliphatic heterocycles. The third-order valence-corrected chi connectivity index (χ3v) is 7.38. The second-order valence-corrected chi connectivity index (χ2v) is 9.16. The van der Waals surface area contributed by atoms with Gasteiger partial charge >= 0.3 is 6.03 Å². The van der Waals surface area contributed by atoms with Gasteiger partial charge in [-0.3, -0.25) is 4.79 Å². The van der Waals surface area contributed by atoms with Crippen molar-refractivity contribution in [1.82, 2.24) is 15.1 Å². The minimum atomic E-state index is -0.0598. The highest BCUT2D eigenvalue weighted by molar-refractivity contribution is 5.83. The topological polar surface area (TPSA) is 52.7 Å². The summed E-state index contributed by atoms with van der Waals surface area (Å²) in [5.41, 5.74) is 5.16. The number of urea groups is 1. The van der Waals surface area contributed by atoms with Crippen LogP contribution in [0.5, 0.6) is 0 Å². The average Bonchev–Trinajstić information content (AvgIpc) is 2.79. The number of carbonyl (C=O) groups excluding carboxylic acids is 2. The van der Waals surface area contributed by atoms with E-state index in [9.17, 15) is 9.59 Å². The molecule has 0 saturated carbocycles. The Morgan fingerprint density at radius 2 is 1.94 bits per heavy atom. The van der Waals surface area contributed by atoms with Crippen LogP contribution in [-0.2, 0) is 17.6 Å². The first-order chi connectivity index (χ1) is 15.1. The molecule has 0 aromatic heterocycles. The lowest BCUT2D eigenvalue weighted by Crippen LogP contribution is -2.61. The molecule has 0 spiro atoms. The highest BCUT2D eigenvalue weighted by atomic mass is 16.2. The maximum Gasteiger partial charge on any atom is 0.317 e. The van der Waals surface area contributed by atoms with E-state index in [-0.39, 0.29) is 29.9 Å². The van der Waals surface area contributed by atoms with E-state index in [0.29, 0.717) is 6.54 Å². The molecule has 0 bridgehead atoms. The van der Waals surface area contributed by atoms with Gasteiger partial charge in [-0.1, -0.05) is 48.5 Å². The molecule has 5 heteroatoms. The van der Waals surface area contributed by atoms with Crippen molar-refractivity contribution in [2.24, 2.45) is 5.92 Å². The molecule has 5 nitrogen and oxygen atoms in total. The van der Waals surface area contributed by atoms with E-state index in [1.165, 1.54) is 22.3 Å². The number of piperidine rings is 2. The van der Waals surface area contributed by atoms with E-state index in [4.69, 9.17) is 0 Å². The van der Waals surface area contributed by atoms with E-state index in [1.807, 2.05) is 23.1 Å². The summed E-state index contributed by atoms with van der Waals surface area (Å²) >= 11 is 0. The summed E-state index contributed by atoms with van der Waals surface area (Å²) in [4.78, 5) is 30.6. The standard InChI is InChI=1S/C26H31N3O2/c1-18-7-5-10-20-13-16-28-23(24(18)20)17-22-21(25(28)30)11-6-15-29(22)26(31)27-14-12-19-8-3-2-4-9-19/h2-5,7-10,21-23H,6,11-17H2,1H3,(H,27,31)/t21-,22-,23-/m0/s1. The average molecular weight is 418 g/mol. The number of nitrogens with zero attached hydrogens (tertiary/aromatic N) is 2. The molecule has 2 aromatic rings. The highest BCUT2D eigenvalue weighted by Gasteiger charge is 2.48. The Labute approximate surface area is 184 Å². The molecule has 2 fully saturated rings. The normalized spacial score (nSPS) is 24.8. The zero-order valence-corrected chi connectivity index (χ0v) is 18.2. The van der Waals surface area contributed by atoms with Crippen LogP contribution < -0.4 is 5.32 Å². The Kier molecular flexibility index (Phi) is 5.43. The van der Waals surface area contributed by atoms with E-state index in [0.717, 1.165) is 45.2 Å². The SMILES string of the molecule is Cc1cccc2c1[C@@H]1C[C@H]3[C@H](CCCN3C(=O)NCCc3ccccc3)C(=O)N1CC2. The van der Waals surface area contributed by atoms with Crippen LogP contribution in [0.1, 0.15) is 47.6 Å². The Morgan fingerprint density at radius 1 is 1.10 bits per heavy atom. The van der Waals surface area contributed by atoms with Crippen LogP contribution in [0.2, 0.25) is 0 Å². The van der Waals surface area contributed by atoms with Gasteiger partial charge in [0.05, 0.1) is 12.0 Å². The van der Waals surface area contributed by atoms with Crippen LogP contribution in [0.25, 0.3) is 0 Å². The first-order valence-corrected chi connectivity index (χ1v) is 11.6. The maximum absolute atomic E-state index is 13.4. The molecule has 1 N–H and O–H groups in total. The van der Waals surface area contributed by atoms with Gasteiger partial charge in [0.2, 0.25) is 5.91 Å². The lowest BCUT2D eigenvalue weighted by atomic mass is 9.75. The fourth-order valence-corrected chi connectivity index (χ4v) is 5.89. The number of benzene rings is 2. The molecule has 2 aromatic carbocycles. The van der Waals surface area contributed by atoms with Crippen molar-refractivity contribution in [2.45, 2.75) is 51.1 Å². The number of hydrogen-bond donors (Lipinski definition) is 1. The molecule has 0 unspecified atom stereocenters. The molecule has 2 saturated heterocycles. The zero-order valence-electron chi connectivity index (χ0n) is 18.2. The molecular weight excluding hydrogens is 386 g/mol. The second-order valence-electron chi connectivity index (χ2n) is 9.16. The smallest absolute Gasteiger partial charge is 0.317 e. The Hall–Kier alpha value is -2.82. The van der Waals surface area contributed by atoms with Gasteiger partial charge in [-0.05, 0) is 61.3 Å². The lowest BCUT2D eigenvalue weighted by Gasteiger charge is -2.51. The van der Waals surface area contributed by atoms with Gasteiger partial charge in [0.25, 0.3) is 0 Å². The highest BCUT2D eigenvalue weighted by Crippen LogP contribution is 2.44. The first-order valence-electron chi connectivity index (χ1n) is 11.6. The maximum atomic E-state index is 13.4. The number of carbonyl (C=O) groups is 2. The Balaban J connectivity index is 1.33. The molecule has 3 atom stereocenters. The molecule has 3 heterocycles. The van der Waals surface area contributed by atoms with Crippen molar-refractivity contribution in [1.29, 1.82) is 0 Å². The number of aryl methyl sites for hydroxylation is 1. The zero-order chi connectivity index (χ0) is 21.4. The van der Waals surface area contributed by atoms with Crippen LogP contribution in [0.4, 0.5) is 4.79 Å². The third-order valence-electron chi connectivity index (χ3n) is 7.38. The van der Waals surface area contributed by atoms with E-state index < -0.39 is 0 Å². The van der Waals surface area contributed by atoms with Crippen molar-refractivity contribution >= 4 is 11.9 Å². The van der Waals surface area contributed by atoms with Gasteiger partial charge in [0.15, 0.2) is 0 Å². The van der Waals surface area contributed by atoms with Crippen LogP contribution in [0.3, 0.4) is 0 Å².